The van der Waals surface area contributed by atoms with Crippen molar-refractivity contribution in [2.75, 3.05) is 0 Å². The third-order valence-electron chi connectivity index (χ3n) is 2.73. The SMILES string of the molecule is CC(C)(C)OC(=O)[C@H](N)[C@@H]1OC(=O)c2ccccc21. The number of benzene rings is 1. The number of cyclic esters (lactones) is 1. The molecule has 1 aliphatic heterocycles. The van der Waals surface area contributed by atoms with Gasteiger partial charge in [-0.25, -0.2) is 4.79 Å². The molecule has 1 aliphatic rings. The van der Waals surface area contributed by atoms with E-state index in [1.54, 1.807) is 45.0 Å². The molecule has 0 spiro atoms. The van der Waals surface area contributed by atoms with Crippen LogP contribution in [-0.4, -0.2) is 23.6 Å². The Hall–Kier alpha value is -1.88. The summed E-state index contributed by atoms with van der Waals surface area (Å²) in [5.74, 6) is -1.04. The highest BCUT2D eigenvalue weighted by Crippen LogP contribution is 2.32. The Morgan fingerprint density at radius 3 is 2.63 bits per heavy atom. The first-order valence-corrected chi connectivity index (χ1v) is 6.08. The fourth-order valence-electron chi connectivity index (χ4n) is 1.93. The minimum atomic E-state index is -1.02. The molecule has 1 aromatic carbocycles. The summed E-state index contributed by atoms with van der Waals surface area (Å²) in [6.45, 7) is 5.27. The van der Waals surface area contributed by atoms with Crippen molar-refractivity contribution in [1.82, 2.24) is 0 Å². The van der Waals surface area contributed by atoms with Crippen LogP contribution in [0.15, 0.2) is 24.3 Å². The smallest absolute Gasteiger partial charge is 0.339 e. The molecular formula is C14H17NO4. The lowest BCUT2D eigenvalue weighted by Gasteiger charge is -2.24. The van der Waals surface area contributed by atoms with Crippen molar-refractivity contribution in [1.29, 1.82) is 0 Å². The Morgan fingerprint density at radius 1 is 1.37 bits per heavy atom. The standard InChI is InChI=1S/C14H17NO4/c1-14(2,3)19-13(17)10(15)11-8-6-4-5-7-9(8)12(16)18-11/h4-7,10-11H,15H2,1-3H3/t10-,11-/m1/s1. The zero-order chi connectivity index (χ0) is 14.2. The van der Waals surface area contributed by atoms with Crippen molar-refractivity contribution >= 4 is 11.9 Å². The molecule has 0 saturated carbocycles. The number of hydrogen-bond acceptors (Lipinski definition) is 5. The maximum absolute atomic E-state index is 11.9. The van der Waals surface area contributed by atoms with Gasteiger partial charge < -0.3 is 15.2 Å². The Bertz CT molecular complexity index is 518. The number of fused-ring (bicyclic) bond motifs is 1. The predicted molar refractivity (Wildman–Crippen MR) is 68.4 cm³/mol. The Kier molecular flexibility index (Phi) is 3.32. The van der Waals surface area contributed by atoms with Gasteiger partial charge in [-0.05, 0) is 26.8 Å². The van der Waals surface area contributed by atoms with Gasteiger partial charge in [-0.3, -0.25) is 4.79 Å². The molecule has 19 heavy (non-hydrogen) atoms. The molecule has 0 bridgehead atoms. The summed E-state index contributed by atoms with van der Waals surface area (Å²) in [4.78, 5) is 23.6. The van der Waals surface area contributed by atoms with Gasteiger partial charge >= 0.3 is 11.9 Å². The number of hydrogen-bond donors (Lipinski definition) is 1. The molecule has 0 unspecified atom stereocenters. The van der Waals surface area contributed by atoms with E-state index in [1.165, 1.54) is 0 Å². The van der Waals surface area contributed by atoms with Crippen LogP contribution in [0.1, 0.15) is 42.8 Å². The van der Waals surface area contributed by atoms with Gasteiger partial charge in [-0.15, -0.1) is 0 Å². The lowest BCUT2D eigenvalue weighted by atomic mass is 10.0. The van der Waals surface area contributed by atoms with Crippen LogP contribution in [0.4, 0.5) is 0 Å². The molecule has 0 aliphatic carbocycles. The molecule has 0 fully saturated rings. The van der Waals surface area contributed by atoms with E-state index < -0.39 is 29.7 Å². The Morgan fingerprint density at radius 2 is 2.00 bits per heavy atom. The fourth-order valence-corrected chi connectivity index (χ4v) is 1.93. The van der Waals surface area contributed by atoms with Crippen LogP contribution in [0.2, 0.25) is 0 Å². The van der Waals surface area contributed by atoms with Gasteiger partial charge in [0.25, 0.3) is 0 Å². The molecule has 0 saturated heterocycles. The summed E-state index contributed by atoms with van der Waals surface area (Å²) < 4.78 is 10.4. The summed E-state index contributed by atoms with van der Waals surface area (Å²) in [6.07, 6.45) is -0.779. The normalized spacial score (nSPS) is 19.6. The van der Waals surface area contributed by atoms with Gasteiger partial charge in [0.15, 0.2) is 6.10 Å². The van der Waals surface area contributed by atoms with E-state index in [0.717, 1.165) is 0 Å². The second kappa shape index (κ2) is 4.66. The molecule has 1 aromatic rings. The number of nitrogens with two attached hydrogens (primary N) is 1. The van der Waals surface area contributed by atoms with E-state index in [9.17, 15) is 9.59 Å². The third-order valence-corrected chi connectivity index (χ3v) is 2.73. The highest BCUT2D eigenvalue weighted by Gasteiger charge is 2.39. The second-order valence-electron chi connectivity index (χ2n) is 5.47. The minimum Gasteiger partial charge on any atom is -0.459 e. The highest BCUT2D eigenvalue weighted by molar-refractivity contribution is 5.95. The molecule has 1 heterocycles. The zero-order valence-corrected chi connectivity index (χ0v) is 11.2. The predicted octanol–water partition coefficient (Wildman–Crippen LogP) is 1.57. The van der Waals surface area contributed by atoms with Crippen molar-refractivity contribution in [3.05, 3.63) is 35.4 Å². The van der Waals surface area contributed by atoms with Crippen molar-refractivity contribution in [3.63, 3.8) is 0 Å². The Labute approximate surface area is 111 Å². The van der Waals surface area contributed by atoms with Gasteiger partial charge in [0.2, 0.25) is 0 Å². The van der Waals surface area contributed by atoms with Crippen molar-refractivity contribution in [3.8, 4) is 0 Å². The van der Waals surface area contributed by atoms with E-state index in [1.807, 2.05) is 0 Å². The van der Waals surface area contributed by atoms with Crippen molar-refractivity contribution in [2.24, 2.45) is 5.73 Å². The molecule has 5 heteroatoms. The Balaban J connectivity index is 2.20. The molecule has 2 N–H and O–H groups in total. The zero-order valence-electron chi connectivity index (χ0n) is 11.2. The first-order valence-electron chi connectivity index (χ1n) is 6.08. The molecule has 0 aromatic heterocycles. The molecule has 0 amide bonds. The van der Waals surface area contributed by atoms with E-state index in [2.05, 4.69) is 0 Å². The molecule has 2 atom stereocenters. The summed E-state index contributed by atoms with van der Waals surface area (Å²) >= 11 is 0. The van der Waals surface area contributed by atoms with E-state index in [4.69, 9.17) is 15.2 Å². The molecule has 5 nitrogen and oxygen atoms in total. The third kappa shape index (κ3) is 2.76. The first-order chi connectivity index (χ1) is 8.79. The van der Waals surface area contributed by atoms with Crippen LogP contribution in [-0.2, 0) is 14.3 Å². The first kappa shape index (κ1) is 13.5. The van der Waals surface area contributed by atoms with E-state index in [0.29, 0.717) is 11.1 Å². The number of rotatable bonds is 2. The van der Waals surface area contributed by atoms with Gasteiger partial charge in [0.1, 0.15) is 11.6 Å². The van der Waals surface area contributed by atoms with Crippen LogP contribution in [0.25, 0.3) is 0 Å². The van der Waals surface area contributed by atoms with E-state index in [-0.39, 0.29) is 0 Å². The average Bonchev–Trinajstić information content (AvgIpc) is 2.64. The van der Waals surface area contributed by atoms with Gasteiger partial charge in [-0.1, -0.05) is 18.2 Å². The van der Waals surface area contributed by atoms with E-state index >= 15 is 0 Å². The van der Waals surface area contributed by atoms with Crippen LogP contribution >= 0.6 is 0 Å². The number of carbonyl (C=O) groups is 2. The number of carbonyl (C=O) groups excluding carboxylic acids is 2. The lowest BCUT2D eigenvalue weighted by molar-refractivity contribution is -0.159. The van der Waals surface area contributed by atoms with Crippen molar-refractivity contribution < 1.29 is 19.1 Å². The largest absolute Gasteiger partial charge is 0.459 e. The van der Waals surface area contributed by atoms with Gasteiger partial charge in [0.05, 0.1) is 5.56 Å². The minimum absolute atomic E-state index is 0.450. The van der Waals surface area contributed by atoms with Gasteiger partial charge in [0, 0.05) is 5.56 Å². The maximum Gasteiger partial charge on any atom is 0.339 e. The van der Waals surface area contributed by atoms with Crippen LogP contribution in [0.5, 0.6) is 0 Å². The second-order valence-corrected chi connectivity index (χ2v) is 5.47. The van der Waals surface area contributed by atoms with Crippen LogP contribution in [0.3, 0.4) is 0 Å². The molecule has 102 valence electrons. The molecule has 0 radical (unpaired) electrons. The fraction of sp³-hybridized carbons (Fsp3) is 0.429. The summed E-state index contributed by atoms with van der Waals surface area (Å²) in [7, 11) is 0. The monoisotopic (exact) mass is 263 g/mol. The maximum atomic E-state index is 11.9. The van der Waals surface area contributed by atoms with Crippen LogP contribution in [0, 0.1) is 0 Å². The summed E-state index contributed by atoms with van der Waals surface area (Å²) in [6, 6.07) is 5.87. The lowest BCUT2D eigenvalue weighted by Crippen LogP contribution is -2.41. The van der Waals surface area contributed by atoms with Crippen LogP contribution < -0.4 is 5.73 Å². The summed E-state index contributed by atoms with van der Waals surface area (Å²) in [5.41, 5.74) is 6.31. The summed E-state index contributed by atoms with van der Waals surface area (Å²) in [5, 5.41) is 0. The average molecular weight is 263 g/mol. The van der Waals surface area contributed by atoms with Gasteiger partial charge in [-0.2, -0.15) is 0 Å². The van der Waals surface area contributed by atoms with Crippen molar-refractivity contribution in [2.45, 2.75) is 38.5 Å². The molecule has 2 rings (SSSR count). The number of ether oxygens (including phenoxy) is 2. The molecular weight excluding hydrogens is 246 g/mol. The number of esters is 2. The quantitative estimate of drug-likeness (QED) is 0.819. The highest BCUT2D eigenvalue weighted by atomic mass is 16.6. The topological polar surface area (TPSA) is 78.6 Å².